The van der Waals surface area contributed by atoms with Gasteiger partial charge in [0.2, 0.25) is 5.89 Å². The van der Waals surface area contributed by atoms with E-state index in [9.17, 15) is 0 Å². The second-order valence-electron chi connectivity index (χ2n) is 2.75. The first-order chi connectivity index (χ1) is 6.34. The number of aromatic nitrogens is 4. The molecule has 0 aliphatic heterocycles. The predicted molar refractivity (Wildman–Crippen MR) is 45.0 cm³/mol. The summed E-state index contributed by atoms with van der Waals surface area (Å²) in [6.45, 7) is 2.57. The summed E-state index contributed by atoms with van der Waals surface area (Å²) in [7, 11) is 0. The van der Waals surface area contributed by atoms with Crippen molar-refractivity contribution in [2.24, 2.45) is 0 Å². The normalized spacial score (nSPS) is 10.5. The van der Waals surface area contributed by atoms with Crippen LogP contribution in [0.15, 0.2) is 23.0 Å². The van der Waals surface area contributed by atoms with Crippen LogP contribution >= 0.6 is 0 Å². The van der Waals surface area contributed by atoms with Gasteiger partial charge in [-0.3, -0.25) is 4.68 Å². The second-order valence-corrected chi connectivity index (χ2v) is 2.75. The highest BCUT2D eigenvalue weighted by molar-refractivity contribution is 4.85. The Morgan fingerprint density at radius 1 is 1.54 bits per heavy atom. The predicted octanol–water partition coefficient (Wildman–Crippen LogP) is 0.817. The lowest BCUT2D eigenvalue weighted by Gasteiger charge is -1.95. The van der Waals surface area contributed by atoms with E-state index in [1.807, 2.05) is 16.9 Å². The molecule has 0 aromatic carbocycles. The summed E-state index contributed by atoms with van der Waals surface area (Å²) in [6, 6.07) is 1.89. The van der Waals surface area contributed by atoms with E-state index in [0.717, 1.165) is 18.8 Å². The smallest absolute Gasteiger partial charge is 0.223 e. The Hall–Kier alpha value is -1.65. The lowest BCUT2D eigenvalue weighted by Crippen LogP contribution is -2.02. The second kappa shape index (κ2) is 3.38. The number of nitrogens with zero attached hydrogens (tertiary/aromatic N) is 4. The van der Waals surface area contributed by atoms with E-state index in [0.29, 0.717) is 5.89 Å². The van der Waals surface area contributed by atoms with Crippen LogP contribution in [-0.2, 0) is 13.0 Å². The quantitative estimate of drug-likeness (QED) is 0.698. The molecule has 0 saturated heterocycles. The van der Waals surface area contributed by atoms with Crippen LogP contribution in [0, 0.1) is 6.92 Å². The standard InChI is InChI=1S/C8H10N4O/c1-7-10-8(11-13-7)3-6-12-5-2-4-9-12/h2,4-5H,3,6H2,1H3. The van der Waals surface area contributed by atoms with E-state index < -0.39 is 0 Å². The van der Waals surface area contributed by atoms with Crippen LogP contribution in [-0.4, -0.2) is 19.9 Å². The van der Waals surface area contributed by atoms with Crippen LogP contribution in [0.2, 0.25) is 0 Å². The topological polar surface area (TPSA) is 56.7 Å². The van der Waals surface area contributed by atoms with Crippen molar-refractivity contribution < 1.29 is 4.52 Å². The molecule has 0 radical (unpaired) electrons. The van der Waals surface area contributed by atoms with Crippen molar-refractivity contribution in [3.05, 3.63) is 30.2 Å². The molecule has 2 aromatic heterocycles. The van der Waals surface area contributed by atoms with Crippen molar-refractivity contribution in [3.63, 3.8) is 0 Å². The molecular formula is C8H10N4O. The molecule has 13 heavy (non-hydrogen) atoms. The summed E-state index contributed by atoms with van der Waals surface area (Å²) < 4.78 is 6.68. The van der Waals surface area contributed by atoms with Crippen LogP contribution in [0.5, 0.6) is 0 Å². The van der Waals surface area contributed by atoms with Gasteiger partial charge in [-0.25, -0.2) is 0 Å². The molecule has 0 spiro atoms. The third-order valence-electron chi connectivity index (χ3n) is 1.69. The summed E-state index contributed by atoms with van der Waals surface area (Å²) in [4.78, 5) is 4.09. The van der Waals surface area contributed by atoms with Crippen molar-refractivity contribution >= 4 is 0 Å². The van der Waals surface area contributed by atoms with Crippen LogP contribution in [0.1, 0.15) is 11.7 Å². The van der Waals surface area contributed by atoms with Gasteiger partial charge in [0.25, 0.3) is 0 Å². The van der Waals surface area contributed by atoms with Gasteiger partial charge in [-0.15, -0.1) is 0 Å². The molecule has 0 N–H and O–H groups in total. The third-order valence-corrected chi connectivity index (χ3v) is 1.69. The van der Waals surface area contributed by atoms with Crippen LogP contribution in [0.3, 0.4) is 0 Å². The minimum absolute atomic E-state index is 0.607. The van der Waals surface area contributed by atoms with E-state index in [-0.39, 0.29) is 0 Å². The molecule has 68 valence electrons. The maximum absolute atomic E-state index is 4.84. The minimum Gasteiger partial charge on any atom is -0.340 e. The molecule has 0 aliphatic carbocycles. The maximum Gasteiger partial charge on any atom is 0.223 e. The Morgan fingerprint density at radius 2 is 2.46 bits per heavy atom. The average molecular weight is 178 g/mol. The van der Waals surface area contributed by atoms with Gasteiger partial charge in [-0.1, -0.05) is 5.16 Å². The zero-order valence-electron chi connectivity index (χ0n) is 7.34. The zero-order chi connectivity index (χ0) is 9.10. The lowest BCUT2D eigenvalue weighted by molar-refractivity contribution is 0.385. The van der Waals surface area contributed by atoms with Crippen LogP contribution < -0.4 is 0 Å². The average Bonchev–Trinajstić information content (AvgIpc) is 2.71. The SMILES string of the molecule is Cc1nc(CCn2cccn2)no1. The minimum atomic E-state index is 0.607. The van der Waals surface area contributed by atoms with Gasteiger partial charge in [0.1, 0.15) is 0 Å². The molecule has 5 heteroatoms. The van der Waals surface area contributed by atoms with E-state index >= 15 is 0 Å². The number of rotatable bonds is 3. The Morgan fingerprint density at radius 3 is 3.08 bits per heavy atom. The molecule has 0 unspecified atom stereocenters. The molecule has 0 atom stereocenters. The fourth-order valence-corrected chi connectivity index (χ4v) is 1.09. The first-order valence-corrected chi connectivity index (χ1v) is 4.11. The summed E-state index contributed by atoms with van der Waals surface area (Å²) in [6.07, 6.45) is 4.41. The summed E-state index contributed by atoms with van der Waals surface area (Å²) in [5, 5.41) is 7.86. The summed E-state index contributed by atoms with van der Waals surface area (Å²) >= 11 is 0. The lowest BCUT2D eigenvalue weighted by atomic mass is 10.4. The van der Waals surface area contributed by atoms with Gasteiger partial charge in [0.05, 0.1) is 0 Å². The molecular weight excluding hydrogens is 168 g/mol. The summed E-state index contributed by atoms with van der Waals surface area (Å²) in [5.74, 6) is 1.34. The molecule has 5 nitrogen and oxygen atoms in total. The van der Waals surface area contributed by atoms with Crippen molar-refractivity contribution in [2.45, 2.75) is 19.9 Å². The van der Waals surface area contributed by atoms with Crippen molar-refractivity contribution in [3.8, 4) is 0 Å². The molecule has 0 aliphatic rings. The highest BCUT2D eigenvalue weighted by Gasteiger charge is 2.01. The molecule has 2 aromatic rings. The number of aryl methyl sites for hydroxylation is 3. The van der Waals surface area contributed by atoms with Crippen molar-refractivity contribution in [2.75, 3.05) is 0 Å². The number of hydrogen-bond donors (Lipinski definition) is 0. The third kappa shape index (κ3) is 1.93. The zero-order valence-corrected chi connectivity index (χ0v) is 7.34. The largest absolute Gasteiger partial charge is 0.340 e. The van der Waals surface area contributed by atoms with Gasteiger partial charge >= 0.3 is 0 Å². The van der Waals surface area contributed by atoms with Gasteiger partial charge in [-0.05, 0) is 6.07 Å². The first-order valence-electron chi connectivity index (χ1n) is 4.11. The van der Waals surface area contributed by atoms with Crippen LogP contribution in [0.25, 0.3) is 0 Å². The fourth-order valence-electron chi connectivity index (χ4n) is 1.09. The van der Waals surface area contributed by atoms with Gasteiger partial charge in [0.15, 0.2) is 5.82 Å². The summed E-state index contributed by atoms with van der Waals surface area (Å²) in [5.41, 5.74) is 0. The van der Waals surface area contributed by atoms with Crippen molar-refractivity contribution in [1.29, 1.82) is 0 Å². The Balaban J connectivity index is 1.93. The molecule has 0 bridgehead atoms. The van der Waals surface area contributed by atoms with Gasteiger partial charge in [-0.2, -0.15) is 10.1 Å². The van der Waals surface area contributed by atoms with E-state index in [2.05, 4.69) is 15.2 Å². The molecule has 2 rings (SSSR count). The highest BCUT2D eigenvalue weighted by atomic mass is 16.5. The highest BCUT2D eigenvalue weighted by Crippen LogP contribution is 1.97. The molecule has 0 saturated carbocycles. The monoisotopic (exact) mass is 178 g/mol. The molecule has 0 amide bonds. The first kappa shape index (κ1) is 7.97. The van der Waals surface area contributed by atoms with E-state index in [4.69, 9.17) is 4.52 Å². The molecule has 0 fully saturated rings. The van der Waals surface area contributed by atoms with Crippen molar-refractivity contribution in [1.82, 2.24) is 19.9 Å². The Kier molecular flexibility index (Phi) is 2.08. The maximum atomic E-state index is 4.84. The van der Waals surface area contributed by atoms with Crippen LogP contribution in [0.4, 0.5) is 0 Å². The van der Waals surface area contributed by atoms with Gasteiger partial charge in [0, 0.05) is 32.3 Å². The molecule has 2 heterocycles. The van der Waals surface area contributed by atoms with E-state index in [1.165, 1.54) is 0 Å². The van der Waals surface area contributed by atoms with Gasteiger partial charge < -0.3 is 4.52 Å². The Labute approximate surface area is 75.4 Å². The fraction of sp³-hybridized carbons (Fsp3) is 0.375. The van der Waals surface area contributed by atoms with E-state index in [1.54, 1.807) is 13.1 Å². The number of hydrogen-bond acceptors (Lipinski definition) is 4. The Bertz CT molecular complexity index is 365.